The second-order valence-corrected chi connectivity index (χ2v) is 9.67. The van der Waals surface area contributed by atoms with Crippen LogP contribution in [0.2, 0.25) is 0 Å². The SMILES string of the molecule is C#COc1ccc2nc(NC(=O)CN3CCN(C(=O)CCCCSC(C)=O)CC3)sc2c1.[HH].[HH]. The number of thiazole rings is 1. The van der Waals surface area contributed by atoms with Gasteiger partial charge in [-0.1, -0.05) is 29.5 Å². The molecule has 0 saturated carbocycles. The summed E-state index contributed by atoms with van der Waals surface area (Å²) in [6.07, 6.45) is 9.44. The Morgan fingerprint density at radius 1 is 1.28 bits per heavy atom. The molecule has 0 bridgehead atoms. The Morgan fingerprint density at radius 3 is 2.78 bits per heavy atom. The Morgan fingerprint density at radius 2 is 2.06 bits per heavy atom. The summed E-state index contributed by atoms with van der Waals surface area (Å²) in [6, 6.07) is 5.33. The second kappa shape index (κ2) is 11.9. The van der Waals surface area contributed by atoms with Gasteiger partial charge in [-0.2, -0.15) is 0 Å². The molecule has 1 aromatic carbocycles. The number of rotatable bonds is 9. The van der Waals surface area contributed by atoms with Crippen LogP contribution in [-0.4, -0.2) is 70.2 Å². The number of hydrogen-bond donors (Lipinski definition) is 1. The lowest BCUT2D eigenvalue weighted by molar-refractivity contribution is -0.133. The van der Waals surface area contributed by atoms with Crippen LogP contribution in [0.4, 0.5) is 5.13 Å². The number of aromatic nitrogens is 1. The number of fused-ring (bicyclic) bond motifs is 1. The number of nitrogens with one attached hydrogen (secondary N) is 1. The molecular formula is C22H30N4O4S2. The van der Waals surface area contributed by atoms with E-state index in [0.717, 1.165) is 28.8 Å². The van der Waals surface area contributed by atoms with Gasteiger partial charge in [0.1, 0.15) is 11.9 Å². The molecule has 1 fully saturated rings. The van der Waals surface area contributed by atoms with E-state index in [0.29, 0.717) is 43.5 Å². The van der Waals surface area contributed by atoms with E-state index in [1.165, 1.54) is 23.1 Å². The fraction of sp³-hybridized carbons (Fsp3) is 0.455. The highest BCUT2D eigenvalue weighted by atomic mass is 32.2. The lowest BCUT2D eigenvalue weighted by Crippen LogP contribution is -2.50. The first kappa shape index (κ1) is 24.0. The normalized spacial score (nSPS) is 14.2. The van der Waals surface area contributed by atoms with Crippen LogP contribution >= 0.6 is 23.1 Å². The molecule has 32 heavy (non-hydrogen) atoms. The summed E-state index contributed by atoms with van der Waals surface area (Å²) < 4.78 is 5.92. The summed E-state index contributed by atoms with van der Waals surface area (Å²) >= 11 is 2.66. The van der Waals surface area contributed by atoms with E-state index in [1.807, 2.05) is 9.80 Å². The molecule has 2 aromatic rings. The summed E-state index contributed by atoms with van der Waals surface area (Å²) in [6.45, 7) is 4.37. The van der Waals surface area contributed by atoms with Gasteiger partial charge in [-0.15, -0.1) is 0 Å². The van der Waals surface area contributed by atoms with Gasteiger partial charge < -0.3 is 15.0 Å². The Bertz CT molecular complexity index is 1020. The molecule has 1 aliphatic heterocycles. The van der Waals surface area contributed by atoms with E-state index in [9.17, 15) is 14.4 Å². The van der Waals surface area contributed by atoms with Gasteiger partial charge in [-0.05, 0) is 25.0 Å². The summed E-state index contributed by atoms with van der Waals surface area (Å²) in [5.41, 5.74) is 0.765. The van der Waals surface area contributed by atoms with Crippen molar-refractivity contribution in [2.45, 2.75) is 26.2 Å². The van der Waals surface area contributed by atoms with Crippen LogP contribution < -0.4 is 10.1 Å². The molecule has 10 heteroatoms. The van der Waals surface area contributed by atoms with E-state index in [2.05, 4.69) is 16.4 Å². The summed E-state index contributed by atoms with van der Waals surface area (Å²) in [5.74, 6) is 1.33. The van der Waals surface area contributed by atoms with E-state index in [-0.39, 0.29) is 26.3 Å². The second-order valence-electron chi connectivity index (χ2n) is 7.37. The van der Waals surface area contributed by atoms with Crippen molar-refractivity contribution >= 4 is 55.4 Å². The molecule has 8 nitrogen and oxygen atoms in total. The Balaban J connectivity index is 0.00000289. The van der Waals surface area contributed by atoms with E-state index < -0.39 is 0 Å². The Kier molecular flexibility index (Phi) is 8.90. The first-order chi connectivity index (χ1) is 15.4. The zero-order chi connectivity index (χ0) is 22.9. The van der Waals surface area contributed by atoms with Gasteiger partial charge in [0.2, 0.25) is 11.8 Å². The van der Waals surface area contributed by atoms with Crippen LogP contribution in [0.3, 0.4) is 0 Å². The number of nitrogens with zero attached hydrogens (tertiary/aromatic N) is 3. The summed E-state index contributed by atoms with van der Waals surface area (Å²) in [7, 11) is 0. The molecule has 0 spiro atoms. The van der Waals surface area contributed by atoms with Crippen LogP contribution in [0.15, 0.2) is 18.2 Å². The average Bonchev–Trinajstić information content (AvgIpc) is 3.15. The maximum Gasteiger partial charge on any atom is 0.240 e. The van der Waals surface area contributed by atoms with Crippen LogP contribution in [0.5, 0.6) is 5.75 Å². The third kappa shape index (κ3) is 7.22. The van der Waals surface area contributed by atoms with Crippen molar-refractivity contribution in [3.8, 4) is 18.3 Å². The first-order valence-electron chi connectivity index (χ1n) is 10.4. The predicted octanol–water partition coefficient (Wildman–Crippen LogP) is 3.29. The van der Waals surface area contributed by atoms with Crippen molar-refractivity contribution in [3.63, 3.8) is 0 Å². The number of ether oxygens (including phenoxy) is 1. The molecule has 2 amide bonds. The number of amides is 2. The van der Waals surface area contributed by atoms with Crippen molar-refractivity contribution in [1.29, 1.82) is 0 Å². The highest BCUT2D eigenvalue weighted by Gasteiger charge is 2.22. The van der Waals surface area contributed by atoms with Gasteiger partial charge >= 0.3 is 0 Å². The number of terminal acetylenes is 1. The minimum atomic E-state index is -0.132. The van der Waals surface area contributed by atoms with Crippen LogP contribution in [0, 0.1) is 12.5 Å². The van der Waals surface area contributed by atoms with Crippen LogP contribution in [0.25, 0.3) is 10.2 Å². The minimum Gasteiger partial charge on any atom is -0.408 e. The minimum absolute atomic E-state index is 0. The predicted molar refractivity (Wildman–Crippen MR) is 132 cm³/mol. The van der Waals surface area contributed by atoms with Crippen molar-refractivity contribution in [3.05, 3.63) is 18.2 Å². The molecule has 0 radical (unpaired) electrons. The average molecular weight is 479 g/mol. The van der Waals surface area contributed by atoms with Crippen LogP contribution in [-0.2, 0) is 14.4 Å². The number of benzene rings is 1. The molecule has 1 saturated heterocycles. The Hall–Kier alpha value is -2.61. The molecule has 174 valence electrons. The number of hydrogen-bond acceptors (Lipinski definition) is 8. The molecule has 3 rings (SSSR count). The molecule has 0 atom stereocenters. The summed E-state index contributed by atoms with van der Waals surface area (Å²) in [5, 5.41) is 3.49. The van der Waals surface area contributed by atoms with Gasteiger partial charge in [0.25, 0.3) is 0 Å². The van der Waals surface area contributed by atoms with Gasteiger partial charge in [0, 0.05) is 54.2 Å². The molecule has 1 aromatic heterocycles. The van der Waals surface area contributed by atoms with E-state index in [1.54, 1.807) is 25.1 Å². The topological polar surface area (TPSA) is 91.8 Å². The number of carbonyl (C=O) groups excluding carboxylic acids is 3. The number of carbonyl (C=O) groups is 3. The fourth-order valence-corrected chi connectivity index (χ4v) is 4.91. The smallest absolute Gasteiger partial charge is 0.240 e. The third-order valence-electron chi connectivity index (χ3n) is 4.97. The lowest BCUT2D eigenvalue weighted by atomic mass is 10.2. The van der Waals surface area contributed by atoms with Crippen LogP contribution in [0.1, 0.15) is 29.0 Å². The van der Waals surface area contributed by atoms with Crippen molar-refractivity contribution in [1.82, 2.24) is 14.8 Å². The molecular weight excluding hydrogens is 448 g/mol. The number of unbranched alkanes of at least 4 members (excludes halogenated alkanes) is 1. The number of piperazine rings is 1. The van der Waals surface area contributed by atoms with Crippen molar-refractivity contribution in [2.24, 2.45) is 0 Å². The largest absolute Gasteiger partial charge is 0.408 e. The lowest BCUT2D eigenvalue weighted by Gasteiger charge is -2.34. The number of thioether (sulfide) groups is 1. The van der Waals surface area contributed by atoms with Gasteiger partial charge in [-0.25, -0.2) is 4.98 Å². The molecule has 0 unspecified atom stereocenters. The molecule has 2 heterocycles. The van der Waals surface area contributed by atoms with Gasteiger partial charge in [0.15, 0.2) is 10.2 Å². The highest BCUT2D eigenvalue weighted by molar-refractivity contribution is 8.13. The van der Waals surface area contributed by atoms with Gasteiger partial charge in [0.05, 0.1) is 16.8 Å². The van der Waals surface area contributed by atoms with Gasteiger partial charge in [-0.3, -0.25) is 19.3 Å². The standard InChI is InChI=1S/C22H26N4O4S2.2H2/c1-3-30-17-7-8-18-19(14-17)32-22(23-18)24-20(28)15-25-9-11-26(12-10-25)21(29)6-4-5-13-31-16(2)27;;/h1,7-8,14H,4-6,9-13,15H2,2H3,(H,23,24,28);2*1H. The molecule has 1 N–H and O–H groups in total. The van der Waals surface area contributed by atoms with Crippen molar-refractivity contribution in [2.75, 3.05) is 43.8 Å². The first-order valence-corrected chi connectivity index (χ1v) is 12.2. The van der Waals surface area contributed by atoms with E-state index in [4.69, 9.17) is 11.2 Å². The molecule has 0 aliphatic carbocycles. The maximum atomic E-state index is 12.4. The fourth-order valence-electron chi connectivity index (χ4n) is 3.36. The molecule has 1 aliphatic rings. The zero-order valence-electron chi connectivity index (χ0n) is 18.0. The zero-order valence-corrected chi connectivity index (χ0v) is 19.6. The Labute approximate surface area is 198 Å². The maximum absolute atomic E-state index is 12.4. The highest BCUT2D eigenvalue weighted by Crippen LogP contribution is 2.29. The number of anilines is 1. The third-order valence-corrected chi connectivity index (χ3v) is 6.80. The summed E-state index contributed by atoms with van der Waals surface area (Å²) in [4.78, 5) is 44.0. The van der Waals surface area contributed by atoms with Crippen molar-refractivity contribution < 1.29 is 22.0 Å². The van der Waals surface area contributed by atoms with E-state index >= 15 is 0 Å². The monoisotopic (exact) mass is 478 g/mol. The quantitative estimate of drug-likeness (QED) is 0.437.